The van der Waals surface area contributed by atoms with Gasteiger partial charge in [0.25, 0.3) is 0 Å². The number of benzene rings is 1. The fourth-order valence-corrected chi connectivity index (χ4v) is 2.18. The van der Waals surface area contributed by atoms with Crippen LogP contribution >= 0.6 is 15.9 Å². The lowest BCUT2D eigenvalue weighted by molar-refractivity contribution is 0.153. The summed E-state index contributed by atoms with van der Waals surface area (Å²) in [6, 6.07) is 5.88. The highest BCUT2D eigenvalue weighted by molar-refractivity contribution is 9.10. The highest BCUT2D eigenvalue weighted by Gasteiger charge is 2.43. The van der Waals surface area contributed by atoms with E-state index < -0.39 is 5.60 Å². The molecule has 3 nitrogen and oxygen atoms in total. The standard InChI is InChI=1S/C10H9BrN2O/c11-9-6-2-1-3-7(8(6)12-13-9)10(14)4-5-10/h1-3,14H,4-5H2,(H,12,13). The largest absolute Gasteiger partial charge is 0.385 e. The van der Waals surface area contributed by atoms with Crippen LogP contribution in [0.15, 0.2) is 22.8 Å². The van der Waals surface area contributed by atoms with Gasteiger partial charge >= 0.3 is 0 Å². The molecule has 0 atom stereocenters. The highest BCUT2D eigenvalue weighted by Crippen LogP contribution is 2.47. The van der Waals surface area contributed by atoms with Gasteiger partial charge < -0.3 is 5.11 Å². The third-order valence-corrected chi connectivity index (χ3v) is 3.37. The molecule has 1 fully saturated rings. The molecule has 0 saturated heterocycles. The van der Waals surface area contributed by atoms with E-state index in [1.807, 2.05) is 18.2 Å². The summed E-state index contributed by atoms with van der Waals surface area (Å²) < 4.78 is 0.874. The summed E-state index contributed by atoms with van der Waals surface area (Å²) in [7, 11) is 0. The molecule has 1 aliphatic rings. The van der Waals surface area contributed by atoms with Gasteiger partial charge in [0.2, 0.25) is 0 Å². The van der Waals surface area contributed by atoms with E-state index in [1.54, 1.807) is 0 Å². The molecule has 3 rings (SSSR count). The predicted octanol–water partition coefficient (Wildman–Crippen LogP) is 2.31. The first kappa shape index (κ1) is 8.44. The van der Waals surface area contributed by atoms with Gasteiger partial charge in [-0.15, -0.1) is 0 Å². The Morgan fingerprint density at radius 2 is 2.21 bits per heavy atom. The van der Waals surface area contributed by atoms with Crippen LogP contribution in [0.4, 0.5) is 0 Å². The van der Waals surface area contributed by atoms with Crippen LogP contribution < -0.4 is 0 Å². The summed E-state index contributed by atoms with van der Waals surface area (Å²) in [6.07, 6.45) is 1.69. The Balaban J connectivity index is 2.34. The molecule has 1 aliphatic carbocycles. The molecular formula is C10H9BrN2O. The number of para-hydroxylation sites is 1. The van der Waals surface area contributed by atoms with Gasteiger partial charge in [0.15, 0.2) is 0 Å². The van der Waals surface area contributed by atoms with Crippen molar-refractivity contribution in [1.82, 2.24) is 10.2 Å². The molecule has 2 N–H and O–H groups in total. The van der Waals surface area contributed by atoms with Crippen LogP contribution in [0.25, 0.3) is 10.9 Å². The van der Waals surface area contributed by atoms with Gasteiger partial charge in [0.1, 0.15) is 4.60 Å². The molecule has 1 aromatic heterocycles. The molecule has 2 aromatic rings. The number of hydrogen-bond acceptors (Lipinski definition) is 2. The van der Waals surface area contributed by atoms with Gasteiger partial charge in [-0.3, -0.25) is 5.10 Å². The lowest BCUT2D eigenvalue weighted by atomic mass is 10.1. The van der Waals surface area contributed by atoms with E-state index >= 15 is 0 Å². The molecule has 72 valence electrons. The molecule has 0 aliphatic heterocycles. The first-order chi connectivity index (χ1) is 6.71. The Hall–Kier alpha value is -0.870. The van der Waals surface area contributed by atoms with Gasteiger partial charge in [-0.25, -0.2) is 0 Å². The summed E-state index contributed by atoms with van der Waals surface area (Å²) >= 11 is 3.39. The smallest absolute Gasteiger partial charge is 0.108 e. The van der Waals surface area contributed by atoms with Crippen LogP contribution in [0.5, 0.6) is 0 Å². The van der Waals surface area contributed by atoms with Crippen molar-refractivity contribution in [2.24, 2.45) is 0 Å². The third-order valence-electron chi connectivity index (χ3n) is 2.76. The number of fused-ring (bicyclic) bond motifs is 1. The van der Waals surface area contributed by atoms with Gasteiger partial charge in [-0.2, -0.15) is 5.10 Å². The third kappa shape index (κ3) is 1.04. The summed E-state index contributed by atoms with van der Waals surface area (Å²) in [5, 5.41) is 18.1. The second-order valence-electron chi connectivity index (χ2n) is 3.77. The SMILES string of the molecule is OC1(c2cccc3c(Br)[nH]nc23)CC1. The molecule has 0 unspecified atom stereocenters. The normalized spacial score (nSPS) is 18.7. The van der Waals surface area contributed by atoms with Crippen LogP contribution in [-0.4, -0.2) is 15.3 Å². The summed E-state index contributed by atoms with van der Waals surface area (Å²) in [5.74, 6) is 0. The Bertz CT molecular complexity index is 502. The van der Waals surface area contributed by atoms with Gasteiger partial charge in [-0.1, -0.05) is 18.2 Å². The van der Waals surface area contributed by atoms with Crippen molar-refractivity contribution in [1.29, 1.82) is 0 Å². The Labute approximate surface area is 89.3 Å². The first-order valence-corrected chi connectivity index (χ1v) is 5.35. The number of halogens is 1. The average Bonchev–Trinajstić information content (AvgIpc) is 2.83. The van der Waals surface area contributed by atoms with Gasteiger partial charge in [-0.05, 0) is 28.8 Å². The average molecular weight is 253 g/mol. The summed E-state index contributed by atoms with van der Waals surface area (Å²) in [4.78, 5) is 0. The van der Waals surface area contributed by atoms with Crippen molar-refractivity contribution in [3.05, 3.63) is 28.4 Å². The minimum atomic E-state index is -0.617. The number of H-pyrrole nitrogens is 1. The van der Waals surface area contributed by atoms with Gasteiger partial charge in [0.05, 0.1) is 11.1 Å². The fourth-order valence-electron chi connectivity index (χ4n) is 1.77. The van der Waals surface area contributed by atoms with E-state index in [0.29, 0.717) is 0 Å². The molecule has 1 saturated carbocycles. The zero-order chi connectivity index (χ0) is 9.76. The second kappa shape index (κ2) is 2.58. The quantitative estimate of drug-likeness (QED) is 0.819. The maximum absolute atomic E-state index is 10.0. The maximum Gasteiger partial charge on any atom is 0.108 e. The van der Waals surface area contributed by atoms with Crippen LogP contribution in [0.3, 0.4) is 0 Å². The molecule has 0 bridgehead atoms. The number of hydrogen-bond donors (Lipinski definition) is 2. The molecule has 0 amide bonds. The Morgan fingerprint density at radius 1 is 1.43 bits per heavy atom. The van der Waals surface area contributed by atoms with Crippen LogP contribution in [-0.2, 0) is 5.60 Å². The molecular weight excluding hydrogens is 244 g/mol. The van der Waals surface area contributed by atoms with Crippen LogP contribution in [0.1, 0.15) is 18.4 Å². The van der Waals surface area contributed by atoms with Crippen LogP contribution in [0, 0.1) is 0 Å². The minimum absolute atomic E-state index is 0.617. The van der Waals surface area contributed by atoms with Gasteiger partial charge in [0, 0.05) is 10.9 Å². The molecule has 0 spiro atoms. The molecule has 0 radical (unpaired) electrons. The van der Waals surface area contributed by atoms with Crippen LogP contribution in [0.2, 0.25) is 0 Å². The topological polar surface area (TPSA) is 48.9 Å². The first-order valence-electron chi connectivity index (χ1n) is 4.56. The number of aromatic amines is 1. The van der Waals surface area contributed by atoms with E-state index in [0.717, 1.165) is 33.9 Å². The summed E-state index contributed by atoms with van der Waals surface area (Å²) in [6.45, 7) is 0. The number of rotatable bonds is 1. The van der Waals surface area contributed by atoms with Crippen molar-refractivity contribution in [3.63, 3.8) is 0 Å². The molecule has 4 heteroatoms. The predicted molar refractivity (Wildman–Crippen MR) is 56.9 cm³/mol. The number of aromatic nitrogens is 2. The van der Waals surface area contributed by atoms with E-state index in [1.165, 1.54) is 0 Å². The number of aliphatic hydroxyl groups is 1. The van der Waals surface area contributed by atoms with E-state index in [-0.39, 0.29) is 0 Å². The van der Waals surface area contributed by atoms with E-state index in [2.05, 4.69) is 26.1 Å². The zero-order valence-corrected chi connectivity index (χ0v) is 9.00. The Kier molecular flexibility index (Phi) is 1.56. The van der Waals surface area contributed by atoms with Crippen molar-refractivity contribution in [2.75, 3.05) is 0 Å². The van der Waals surface area contributed by atoms with E-state index in [4.69, 9.17) is 0 Å². The van der Waals surface area contributed by atoms with E-state index in [9.17, 15) is 5.11 Å². The summed E-state index contributed by atoms with van der Waals surface area (Å²) in [5.41, 5.74) is 1.20. The fraction of sp³-hybridized carbons (Fsp3) is 0.300. The monoisotopic (exact) mass is 252 g/mol. The molecule has 14 heavy (non-hydrogen) atoms. The zero-order valence-electron chi connectivity index (χ0n) is 7.42. The highest BCUT2D eigenvalue weighted by atomic mass is 79.9. The lowest BCUT2D eigenvalue weighted by Gasteiger charge is -2.07. The lowest BCUT2D eigenvalue weighted by Crippen LogP contribution is -2.04. The van der Waals surface area contributed by atoms with Crippen molar-refractivity contribution >= 4 is 26.8 Å². The molecule has 1 heterocycles. The maximum atomic E-state index is 10.0. The number of nitrogens with zero attached hydrogens (tertiary/aromatic N) is 1. The Morgan fingerprint density at radius 3 is 2.93 bits per heavy atom. The number of nitrogens with one attached hydrogen (secondary N) is 1. The second-order valence-corrected chi connectivity index (χ2v) is 4.56. The van der Waals surface area contributed by atoms with Crippen molar-refractivity contribution in [2.45, 2.75) is 18.4 Å². The molecule has 1 aromatic carbocycles. The van der Waals surface area contributed by atoms with Crippen molar-refractivity contribution < 1.29 is 5.11 Å². The van der Waals surface area contributed by atoms with Crippen molar-refractivity contribution in [3.8, 4) is 0 Å². The minimum Gasteiger partial charge on any atom is -0.385 e.